The van der Waals surface area contributed by atoms with Gasteiger partial charge in [-0.1, -0.05) is 12.8 Å². The minimum atomic E-state index is -0.534. The van der Waals surface area contributed by atoms with E-state index in [9.17, 15) is 19.2 Å². The van der Waals surface area contributed by atoms with E-state index in [2.05, 4.69) is 20.8 Å². The summed E-state index contributed by atoms with van der Waals surface area (Å²) >= 11 is 0. The van der Waals surface area contributed by atoms with Gasteiger partial charge in [0.25, 0.3) is 5.91 Å². The predicted octanol–water partition coefficient (Wildman–Crippen LogP) is 0.742. The first-order chi connectivity index (χ1) is 16.4. The van der Waals surface area contributed by atoms with Crippen molar-refractivity contribution in [3.8, 4) is 0 Å². The number of nitrogens with zero attached hydrogens (tertiary/aromatic N) is 4. The van der Waals surface area contributed by atoms with Gasteiger partial charge in [0, 0.05) is 39.1 Å². The SMILES string of the molecule is CC(=O)N1CCC2(CCCC[C@H]3CN(C(=O)c4ccnnc4)CC[C@H]3NC(=O)CNC2=O)CC1. The van der Waals surface area contributed by atoms with E-state index in [-0.39, 0.29) is 42.1 Å². The number of hydrogen-bond donors (Lipinski definition) is 2. The molecule has 0 saturated carbocycles. The van der Waals surface area contributed by atoms with E-state index in [4.69, 9.17) is 0 Å². The first kappa shape index (κ1) is 24.1. The Labute approximate surface area is 199 Å². The molecule has 34 heavy (non-hydrogen) atoms. The predicted molar refractivity (Wildman–Crippen MR) is 123 cm³/mol. The standard InChI is InChI=1S/C24H34N6O4/c1-17(31)29-12-8-24(9-13-29)7-3-2-4-19-16-30(22(33)18-5-10-26-27-14-18)11-6-20(19)28-21(32)15-25-23(24)34/h5,10,14,19-20H,2-4,6-9,11-13,15-16H2,1H3,(H,25,34)(H,28,32)/t19-,20+/m0/s1. The highest BCUT2D eigenvalue weighted by Crippen LogP contribution is 2.38. The largest absolute Gasteiger partial charge is 0.351 e. The van der Waals surface area contributed by atoms with E-state index in [0.29, 0.717) is 51.0 Å². The molecular formula is C24H34N6O4. The third kappa shape index (κ3) is 5.37. The van der Waals surface area contributed by atoms with Crippen LogP contribution in [0.5, 0.6) is 0 Å². The highest BCUT2D eigenvalue weighted by Gasteiger charge is 2.42. The Morgan fingerprint density at radius 3 is 2.53 bits per heavy atom. The molecule has 3 fully saturated rings. The highest BCUT2D eigenvalue weighted by molar-refractivity contribution is 5.94. The first-order valence-corrected chi connectivity index (χ1v) is 12.3. The fourth-order valence-corrected chi connectivity index (χ4v) is 5.61. The van der Waals surface area contributed by atoms with E-state index in [1.807, 2.05) is 4.90 Å². The van der Waals surface area contributed by atoms with Crippen LogP contribution in [0.4, 0.5) is 0 Å². The van der Waals surface area contributed by atoms with Gasteiger partial charge in [0.1, 0.15) is 0 Å². The molecule has 2 atom stereocenters. The van der Waals surface area contributed by atoms with Gasteiger partial charge in [-0.3, -0.25) is 19.2 Å². The third-order valence-corrected chi connectivity index (χ3v) is 7.74. The van der Waals surface area contributed by atoms with Crippen molar-refractivity contribution in [1.82, 2.24) is 30.6 Å². The zero-order chi connectivity index (χ0) is 24.1. The minimum absolute atomic E-state index is 0.0174. The summed E-state index contributed by atoms with van der Waals surface area (Å²) < 4.78 is 0. The fraction of sp³-hybridized carbons (Fsp3) is 0.667. The van der Waals surface area contributed by atoms with Crippen LogP contribution in [0, 0.1) is 11.3 Å². The molecule has 4 amide bonds. The molecule has 4 heterocycles. The smallest absolute Gasteiger partial charge is 0.255 e. The molecule has 1 spiro atoms. The molecule has 184 valence electrons. The Morgan fingerprint density at radius 2 is 1.82 bits per heavy atom. The molecule has 3 saturated heterocycles. The number of fused-ring (bicyclic) bond motifs is 1. The molecule has 10 heteroatoms. The van der Waals surface area contributed by atoms with Crippen LogP contribution in [0.15, 0.2) is 18.5 Å². The summed E-state index contributed by atoms with van der Waals surface area (Å²) in [4.78, 5) is 54.1. The second-order valence-electron chi connectivity index (χ2n) is 9.82. The Kier molecular flexibility index (Phi) is 7.43. The Morgan fingerprint density at radius 1 is 1.03 bits per heavy atom. The number of carbonyl (C=O) groups excluding carboxylic acids is 4. The van der Waals surface area contributed by atoms with Crippen LogP contribution < -0.4 is 10.6 Å². The van der Waals surface area contributed by atoms with Crippen LogP contribution in [0.1, 0.15) is 62.2 Å². The number of piperidine rings is 2. The summed E-state index contributed by atoms with van der Waals surface area (Å²) in [6, 6.07) is 1.65. The van der Waals surface area contributed by atoms with E-state index in [1.165, 1.54) is 12.4 Å². The summed E-state index contributed by atoms with van der Waals surface area (Å²) in [7, 11) is 0. The maximum Gasteiger partial charge on any atom is 0.255 e. The van der Waals surface area contributed by atoms with Crippen LogP contribution in [0.3, 0.4) is 0 Å². The lowest BCUT2D eigenvalue weighted by Gasteiger charge is -2.42. The van der Waals surface area contributed by atoms with Gasteiger partial charge < -0.3 is 20.4 Å². The van der Waals surface area contributed by atoms with Crippen molar-refractivity contribution in [2.24, 2.45) is 11.3 Å². The number of hydrogen-bond acceptors (Lipinski definition) is 6. The van der Waals surface area contributed by atoms with Gasteiger partial charge in [0.05, 0.1) is 29.9 Å². The van der Waals surface area contributed by atoms with Crippen molar-refractivity contribution >= 4 is 23.6 Å². The molecule has 2 N–H and O–H groups in total. The Balaban J connectivity index is 1.42. The average Bonchev–Trinajstić information content (AvgIpc) is 2.85. The summed E-state index contributed by atoms with van der Waals surface area (Å²) in [5.74, 6) is -0.142. The van der Waals surface area contributed by atoms with Crippen molar-refractivity contribution < 1.29 is 19.2 Å². The second kappa shape index (κ2) is 10.5. The molecule has 10 nitrogen and oxygen atoms in total. The van der Waals surface area contributed by atoms with Gasteiger partial charge in [-0.05, 0) is 44.1 Å². The number of likely N-dealkylation sites (tertiary alicyclic amines) is 2. The average molecular weight is 471 g/mol. The number of nitrogens with one attached hydrogen (secondary N) is 2. The number of rotatable bonds is 1. The molecule has 0 bridgehead atoms. The van der Waals surface area contributed by atoms with Gasteiger partial charge in [0.2, 0.25) is 17.7 Å². The van der Waals surface area contributed by atoms with Gasteiger partial charge in [-0.25, -0.2) is 0 Å². The van der Waals surface area contributed by atoms with Crippen LogP contribution in [0.2, 0.25) is 0 Å². The zero-order valence-corrected chi connectivity index (χ0v) is 19.8. The van der Waals surface area contributed by atoms with Crippen molar-refractivity contribution in [3.05, 3.63) is 24.0 Å². The van der Waals surface area contributed by atoms with Crippen molar-refractivity contribution in [2.75, 3.05) is 32.7 Å². The Hall–Kier alpha value is -3.04. The third-order valence-electron chi connectivity index (χ3n) is 7.74. The minimum Gasteiger partial charge on any atom is -0.351 e. The van der Waals surface area contributed by atoms with Gasteiger partial charge >= 0.3 is 0 Å². The highest BCUT2D eigenvalue weighted by atomic mass is 16.2. The molecule has 0 radical (unpaired) electrons. The topological polar surface area (TPSA) is 125 Å². The van der Waals surface area contributed by atoms with Gasteiger partial charge in [-0.15, -0.1) is 0 Å². The zero-order valence-electron chi connectivity index (χ0n) is 19.8. The maximum absolute atomic E-state index is 13.1. The molecule has 3 aliphatic rings. The van der Waals surface area contributed by atoms with Crippen LogP contribution in [-0.4, -0.2) is 82.4 Å². The molecule has 1 aromatic heterocycles. The summed E-state index contributed by atoms with van der Waals surface area (Å²) in [5.41, 5.74) is -0.0134. The molecule has 1 aromatic rings. The van der Waals surface area contributed by atoms with Crippen molar-refractivity contribution in [3.63, 3.8) is 0 Å². The van der Waals surface area contributed by atoms with E-state index in [0.717, 1.165) is 25.7 Å². The Bertz CT molecular complexity index is 915. The van der Waals surface area contributed by atoms with E-state index < -0.39 is 5.41 Å². The number of amides is 4. The van der Waals surface area contributed by atoms with E-state index in [1.54, 1.807) is 17.9 Å². The van der Waals surface area contributed by atoms with Crippen LogP contribution >= 0.6 is 0 Å². The summed E-state index contributed by atoms with van der Waals surface area (Å²) in [6.07, 6.45) is 8.35. The molecule has 0 aliphatic carbocycles. The van der Waals surface area contributed by atoms with E-state index >= 15 is 0 Å². The quantitative estimate of drug-likeness (QED) is 0.624. The normalized spacial score (nSPS) is 25.9. The molecule has 4 rings (SSSR count). The lowest BCUT2D eigenvalue weighted by atomic mass is 9.73. The molecule has 0 unspecified atom stereocenters. The van der Waals surface area contributed by atoms with Crippen molar-refractivity contribution in [1.29, 1.82) is 0 Å². The van der Waals surface area contributed by atoms with Crippen molar-refractivity contribution in [2.45, 2.75) is 57.9 Å². The van der Waals surface area contributed by atoms with Crippen LogP contribution in [0.25, 0.3) is 0 Å². The summed E-state index contributed by atoms with van der Waals surface area (Å²) in [6.45, 7) is 3.79. The van der Waals surface area contributed by atoms with Gasteiger partial charge in [0.15, 0.2) is 0 Å². The van der Waals surface area contributed by atoms with Gasteiger partial charge in [-0.2, -0.15) is 10.2 Å². The monoisotopic (exact) mass is 470 g/mol. The molecular weight excluding hydrogens is 436 g/mol. The maximum atomic E-state index is 13.1. The summed E-state index contributed by atoms with van der Waals surface area (Å²) in [5, 5.41) is 13.5. The number of carbonyl (C=O) groups is 4. The molecule has 3 aliphatic heterocycles. The lowest BCUT2D eigenvalue weighted by Crippen LogP contribution is -2.55. The fourth-order valence-electron chi connectivity index (χ4n) is 5.61. The van der Waals surface area contributed by atoms with Crippen LogP contribution in [-0.2, 0) is 14.4 Å². The lowest BCUT2D eigenvalue weighted by molar-refractivity contribution is -0.140. The molecule has 0 aromatic carbocycles. The first-order valence-electron chi connectivity index (χ1n) is 12.3. The second-order valence-corrected chi connectivity index (χ2v) is 9.82. The number of aromatic nitrogens is 2.